The van der Waals surface area contributed by atoms with Crippen LogP contribution in [0, 0.1) is 33.1 Å². The number of hydrogen-bond acceptors (Lipinski definition) is 4. The van der Waals surface area contributed by atoms with Crippen LogP contribution >= 0.6 is 0 Å². The molecule has 0 aromatic carbocycles. The number of hydrogen-bond donors (Lipinski definition) is 0. The van der Waals surface area contributed by atoms with Crippen LogP contribution in [0.3, 0.4) is 0 Å². The second-order valence-corrected chi connectivity index (χ2v) is 4.03. The molecule has 19 heavy (non-hydrogen) atoms. The Hall–Kier alpha value is 0.0783. The number of ether oxygens (including phenoxy) is 3. The van der Waals surface area contributed by atoms with Crippen molar-refractivity contribution in [2.45, 2.75) is 32.5 Å². The van der Waals surface area contributed by atoms with Gasteiger partial charge in [0, 0.05) is 28.2 Å². The molecule has 4 nitrogen and oxygen atoms in total. The fraction of sp³-hybridized carbons (Fsp3) is 0.714. The molecule has 0 radical (unpaired) electrons. The van der Waals surface area contributed by atoms with Gasteiger partial charge in [-0.3, -0.25) is 0 Å². The smallest absolute Gasteiger partial charge is 0.158 e. The molecule has 0 aliphatic carbocycles. The van der Waals surface area contributed by atoms with E-state index >= 15 is 0 Å². The van der Waals surface area contributed by atoms with Gasteiger partial charge in [0.05, 0.1) is 13.2 Å². The molecule has 0 amide bonds. The van der Waals surface area contributed by atoms with Crippen LogP contribution < -0.4 is 0 Å². The molecule has 0 bridgehead atoms. The Morgan fingerprint density at radius 2 is 1.89 bits per heavy atom. The number of carbonyl (C=O) groups excluding carboxylic acids is 1. The van der Waals surface area contributed by atoms with E-state index in [9.17, 15) is 0 Å². The molecular formula is C14H26O4W-4. The van der Waals surface area contributed by atoms with Gasteiger partial charge in [-0.15, -0.1) is 0 Å². The van der Waals surface area contributed by atoms with Crippen molar-refractivity contribution in [2.24, 2.45) is 11.8 Å². The minimum atomic E-state index is -0.0389. The third-order valence-corrected chi connectivity index (χ3v) is 2.55. The van der Waals surface area contributed by atoms with Crippen LogP contribution in [0.15, 0.2) is 0 Å². The largest absolute Gasteiger partial charge is 0.655 e. The van der Waals surface area contributed by atoms with E-state index in [-0.39, 0.29) is 34.8 Å². The van der Waals surface area contributed by atoms with Gasteiger partial charge in [-0.2, -0.15) is 12.3 Å². The summed E-state index contributed by atoms with van der Waals surface area (Å²) >= 11 is 0. The third kappa shape index (κ3) is 11.6. The molecule has 1 aliphatic rings. The zero-order chi connectivity index (χ0) is 13.1. The van der Waals surface area contributed by atoms with Gasteiger partial charge < -0.3 is 40.3 Å². The van der Waals surface area contributed by atoms with Crippen LogP contribution in [0.5, 0.6) is 0 Å². The summed E-state index contributed by atoms with van der Waals surface area (Å²) in [4.78, 5) is 8.83. The van der Waals surface area contributed by atoms with E-state index in [0.717, 1.165) is 32.5 Å². The number of rotatable bonds is 5. The normalized spacial score (nSPS) is 17.7. The molecule has 0 aromatic rings. The van der Waals surface area contributed by atoms with Crippen molar-refractivity contribution in [3.8, 4) is 0 Å². The molecule has 0 saturated carbocycles. The Balaban J connectivity index is -0.000000379. The molecule has 1 aliphatic heterocycles. The first-order valence-corrected chi connectivity index (χ1v) is 5.93. The summed E-state index contributed by atoms with van der Waals surface area (Å²) in [6.07, 6.45) is 2.94. The minimum Gasteiger partial charge on any atom is -0.655 e. The summed E-state index contributed by atoms with van der Waals surface area (Å²) in [6.45, 7) is 12.9. The Morgan fingerprint density at radius 1 is 1.42 bits per heavy atom. The van der Waals surface area contributed by atoms with E-state index in [2.05, 4.69) is 25.5 Å². The fourth-order valence-corrected chi connectivity index (χ4v) is 1.68. The first-order chi connectivity index (χ1) is 8.17. The van der Waals surface area contributed by atoms with Gasteiger partial charge >= 0.3 is 0 Å². The van der Waals surface area contributed by atoms with Crippen molar-refractivity contribution in [1.82, 2.24) is 0 Å². The molecule has 5 heteroatoms. The van der Waals surface area contributed by atoms with Crippen molar-refractivity contribution in [2.75, 3.05) is 20.3 Å². The maximum absolute atomic E-state index is 8.83. The maximum Gasteiger partial charge on any atom is 0.158 e. The summed E-state index contributed by atoms with van der Waals surface area (Å²) in [5.74, 6) is 0.766. The van der Waals surface area contributed by atoms with E-state index in [1.807, 2.05) is 0 Å². The van der Waals surface area contributed by atoms with Crippen molar-refractivity contribution in [1.29, 1.82) is 0 Å². The van der Waals surface area contributed by atoms with Crippen molar-refractivity contribution >= 4 is 6.47 Å². The van der Waals surface area contributed by atoms with E-state index in [1.165, 1.54) is 13.6 Å². The topological polar surface area (TPSA) is 44.8 Å². The van der Waals surface area contributed by atoms with Gasteiger partial charge in [-0.05, 0) is 12.3 Å². The molecule has 0 N–H and O–H groups in total. The molecular weight excluding hydrogens is 416 g/mol. The molecule has 2 atom stereocenters. The Bertz CT molecular complexity index is 182. The molecule has 1 saturated heterocycles. The van der Waals surface area contributed by atoms with E-state index in [0.29, 0.717) is 11.8 Å². The van der Waals surface area contributed by atoms with E-state index in [4.69, 9.17) is 14.3 Å². The van der Waals surface area contributed by atoms with Crippen molar-refractivity contribution in [3.05, 3.63) is 21.3 Å². The van der Waals surface area contributed by atoms with Gasteiger partial charge in [0.15, 0.2) is 6.29 Å². The second kappa shape index (κ2) is 16.1. The van der Waals surface area contributed by atoms with Gasteiger partial charge in [0.1, 0.15) is 0 Å². The van der Waals surface area contributed by atoms with Gasteiger partial charge in [0.2, 0.25) is 0 Å². The Morgan fingerprint density at radius 3 is 2.21 bits per heavy atom. The Labute approximate surface area is 132 Å². The monoisotopic (exact) mass is 442 g/mol. The molecule has 2 unspecified atom stereocenters. The van der Waals surface area contributed by atoms with Gasteiger partial charge in [-0.25, -0.2) is 0 Å². The first-order valence-electron chi connectivity index (χ1n) is 5.93. The zero-order valence-electron chi connectivity index (χ0n) is 12.2. The SMILES string of the molecule is CO[C-]=O.[CH2-]CCC(C([CH2-])C)C1OCCCO1.[CH3-].[W]. The summed E-state index contributed by atoms with van der Waals surface area (Å²) < 4.78 is 14.9. The minimum absolute atomic E-state index is 0. The predicted octanol–water partition coefficient (Wildman–Crippen LogP) is 2.60. The molecule has 1 rings (SSSR count). The average Bonchev–Trinajstić information content (AvgIpc) is 2.37. The average molecular weight is 442 g/mol. The fourth-order valence-electron chi connectivity index (χ4n) is 1.68. The first kappa shape index (κ1) is 24.1. The van der Waals surface area contributed by atoms with Crippen LogP contribution in [0.2, 0.25) is 0 Å². The van der Waals surface area contributed by atoms with Crippen LogP contribution in [0.4, 0.5) is 0 Å². The van der Waals surface area contributed by atoms with E-state index in [1.54, 1.807) is 0 Å². The second-order valence-electron chi connectivity index (χ2n) is 4.03. The van der Waals surface area contributed by atoms with Crippen LogP contribution in [0.1, 0.15) is 26.2 Å². The summed E-state index contributed by atoms with van der Waals surface area (Å²) in [6, 6.07) is 0. The molecule has 1 fully saturated rings. The van der Waals surface area contributed by atoms with Crippen molar-refractivity contribution < 1.29 is 40.1 Å². The van der Waals surface area contributed by atoms with Crippen molar-refractivity contribution in [3.63, 3.8) is 0 Å². The maximum atomic E-state index is 8.83. The van der Waals surface area contributed by atoms with Gasteiger partial charge in [-0.1, -0.05) is 19.8 Å². The molecule has 0 spiro atoms. The summed E-state index contributed by atoms with van der Waals surface area (Å²) in [5, 5.41) is 0. The summed E-state index contributed by atoms with van der Waals surface area (Å²) in [7, 11) is 1.26. The van der Waals surface area contributed by atoms with E-state index < -0.39 is 0 Å². The molecule has 116 valence electrons. The summed E-state index contributed by atoms with van der Waals surface area (Å²) in [5.41, 5.74) is 0. The molecule has 1 heterocycles. The predicted molar refractivity (Wildman–Crippen MR) is 72.0 cm³/mol. The number of methoxy groups -OCH3 is 1. The molecule has 0 aromatic heterocycles. The van der Waals surface area contributed by atoms with Crippen LogP contribution in [-0.2, 0) is 40.1 Å². The van der Waals surface area contributed by atoms with Crippen LogP contribution in [0.25, 0.3) is 0 Å². The quantitative estimate of drug-likeness (QED) is 0.615. The van der Waals surface area contributed by atoms with Gasteiger partial charge in [0.25, 0.3) is 0 Å². The third-order valence-electron chi connectivity index (χ3n) is 2.55. The standard InChI is InChI=1S/C11H20O2.C2H3O2.CH3.W/c1-4-6-10(9(2)3)11-12-7-5-8-13-11;1-4-2-3;;/h9-11H,1-2,4-8H2,3H3;1H3;1H3;/q-2;2*-1;. The zero-order valence-corrected chi connectivity index (χ0v) is 15.2. The van der Waals surface area contributed by atoms with Crippen LogP contribution in [-0.4, -0.2) is 33.1 Å². The Kier molecular flexibility index (Phi) is 20.5.